The fraction of sp³-hybridized carbons (Fsp3) is 0.125. The standard InChI is InChI=1S/C24H20Cl2N4O2S/c1-30(13-21(31)29-22-17(25)9-6-10-18(22)26)23(32)16-8-3-2-7-15(16)14-33-24-27-19-11-4-5-12-20(19)28-24/h2-12H,13-14H2,1H3,(H,27,28)(H,29,31). The zero-order valence-corrected chi connectivity index (χ0v) is 20.0. The molecule has 0 spiro atoms. The first kappa shape index (κ1) is 23.2. The Balaban J connectivity index is 1.42. The van der Waals surface area contributed by atoms with E-state index >= 15 is 0 Å². The second-order valence-electron chi connectivity index (χ2n) is 7.31. The Hall–Kier alpha value is -3.00. The zero-order valence-electron chi connectivity index (χ0n) is 17.6. The number of imidazole rings is 1. The van der Waals surface area contributed by atoms with Crippen LogP contribution in [0.5, 0.6) is 0 Å². The average molecular weight is 499 g/mol. The highest BCUT2D eigenvalue weighted by Crippen LogP contribution is 2.30. The molecule has 3 aromatic carbocycles. The Morgan fingerprint density at radius 2 is 1.70 bits per heavy atom. The van der Waals surface area contributed by atoms with Gasteiger partial charge in [0.1, 0.15) is 0 Å². The quantitative estimate of drug-likeness (QED) is 0.312. The SMILES string of the molecule is CN(CC(=O)Nc1c(Cl)cccc1Cl)C(=O)c1ccccc1CSc1nc2ccccc2[nH]1. The fourth-order valence-corrected chi connectivity index (χ4v) is 4.67. The number of thioether (sulfide) groups is 1. The van der Waals surface area contributed by atoms with Gasteiger partial charge in [-0.2, -0.15) is 0 Å². The van der Waals surface area contributed by atoms with E-state index in [0.717, 1.165) is 21.8 Å². The van der Waals surface area contributed by atoms with Crippen LogP contribution in [-0.2, 0) is 10.5 Å². The number of amides is 2. The molecule has 2 amide bonds. The largest absolute Gasteiger partial charge is 0.333 e. The third kappa shape index (κ3) is 5.50. The monoisotopic (exact) mass is 498 g/mol. The summed E-state index contributed by atoms with van der Waals surface area (Å²) in [5, 5.41) is 4.12. The molecule has 4 aromatic rings. The Labute approximate surface area is 205 Å². The number of aromatic nitrogens is 2. The summed E-state index contributed by atoms with van der Waals surface area (Å²) in [5.41, 5.74) is 3.58. The molecule has 0 bridgehead atoms. The number of aromatic amines is 1. The van der Waals surface area contributed by atoms with Gasteiger partial charge in [0.05, 0.1) is 33.3 Å². The number of likely N-dealkylation sites (N-methyl/N-ethyl adjacent to an activating group) is 1. The fourth-order valence-electron chi connectivity index (χ4n) is 3.29. The van der Waals surface area contributed by atoms with Crippen LogP contribution < -0.4 is 5.32 Å². The van der Waals surface area contributed by atoms with Crippen LogP contribution in [0, 0.1) is 0 Å². The lowest BCUT2D eigenvalue weighted by atomic mass is 10.1. The number of nitrogens with one attached hydrogen (secondary N) is 2. The van der Waals surface area contributed by atoms with E-state index in [1.54, 1.807) is 37.4 Å². The van der Waals surface area contributed by atoms with Crippen LogP contribution in [0.3, 0.4) is 0 Å². The molecule has 0 saturated heterocycles. The molecule has 0 aliphatic heterocycles. The maximum absolute atomic E-state index is 13.1. The lowest BCUT2D eigenvalue weighted by molar-refractivity contribution is -0.116. The van der Waals surface area contributed by atoms with Crippen molar-refractivity contribution in [2.75, 3.05) is 18.9 Å². The van der Waals surface area contributed by atoms with Gasteiger partial charge in [0.2, 0.25) is 5.91 Å². The lowest BCUT2D eigenvalue weighted by Gasteiger charge is -2.19. The Bertz CT molecular complexity index is 1270. The number of fused-ring (bicyclic) bond motifs is 1. The first-order valence-corrected chi connectivity index (χ1v) is 11.8. The van der Waals surface area contributed by atoms with Crippen molar-refractivity contribution >= 4 is 63.5 Å². The summed E-state index contributed by atoms with van der Waals surface area (Å²) in [4.78, 5) is 34.8. The summed E-state index contributed by atoms with van der Waals surface area (Å²) in [7, 11) is 1.58. The third-order valence-electron chi connectivity index (χ3n) is 4.93. The van der Waals surface area contributed by atoms with Crippen LogP contribution in [0.15, 0.2) is 71.9 Å². The van der Waals surface area contributed by atoms with Crippen molar-refractivity contribution in [3.8, 4) is 0 Å². The van der Waals surface area contributed by atoms with E-state index in [4.69, 9.17) is 23.2 Å². The van der Waals surface area contributed by atoms with Crippen LogP contribution in [-0.4, -0.2) is 40.3 Å². The highest BCUT2D eigenvalue weighted by Gasteiger charge is 2.19. The molecule has 0 atom stereocenters. The predicted molar refractivity (Wildman–Crippen MR) is 134 cm³/mol. The molecule has 0 aliphatic rings. The van der Waals surface area contributed by atoms with Crippen molar-refractivity contribution in [1.82, 2.24) is 14.9 Å². The molecule has 1 heterocycles. The number of hydrogen-bond donors (Lipinski definition) is 2. The van der Waals surface area contributed by atoms with Crippen LogP contribution in [0.1, 0.15) is 15.9 Å². The van der Waals surface area contributed by atoms with Gasteiger partial charge in [0.25, 0.3) is 5.91 Å². The molecule has 2 N–H and O–H groups in total. The van der Waals surface area contributed by atoms with Gasteiger partial charge in [-0.3, -0.25) is 9.59 Å². The van der Waals surface area contributed by atoms with Gasteiger partial charge in [0.15, 0.2) is 5.16 Å². The van der Waals surface area contributed by atoms with Gasteiger partial charge in [-0.1, -0.05) is 71.4 Å². The highest BCUT2D eigenvalue weighted by atomic mass is 35.5. The highest BCUT2D eigenvalue weighted by molar-refractivity contribution is 7.98. The number of halogens is 2. The first-order chi connectivity index (χ1) is 15.9. The van der Waals surface area contributed by atoms with E-state index in [-0.39, 0.29) is 12.5 Å². The Morgan fingerprint density at radius 3 is 2.45 bits per heavy atom. The zero-order chi connectivity index (χ0) is 23.4. The van der Waals surface area contributed by atoms with Gasteiger partial charge in [-0.05, 0) is 35.9 Å². The molecule has 168 valence electrons. The van der Waals surface area contributed by atoms with Crippen molar-refractivity contribution in [2.24, 2.45) is 0 Å². The summed E-state index contributed by atoms with van der Waals surface area (Å²) in [6, 6.07) is 20.1. The number of carbonyl (C=O) groups excluding carboxylic acids is 2. The molecule has 33 heavy (non-hydrogen) atoms. The smallest absolute Gasteiger partial charge is 0.254 e. The maximum atomic E-state index is 13.1. The van der Waals surface area contributed by atoms with Gasteiger partial charge in [-0.15, -0.1) is 0 Å². The summed E-state index contributed by atoms with van der Waals surface area (Å²) < 4.78 is 0. The number of para-hydroxylation sites is 3. The molecule has 1 aromatic heterocycles. The van der Waals surface area contributed by atoms with Crippen LogP contribution in [0.4, 0.5) is 5.69 Å². The molecular weight excluding hydrogens is 479 g/mol. The van der Waals surface area contributed by atoms with E-state index < -0.39 is 5.91 Å². The molecule has 6 nitrogen and oxygen atoms in total. The van der Waals surface area contributed by atoms with Crippen LogP contribution >= 0.6 is 35.0 Å². The Kier molecular flexibility index (Phi) is 7.23. The van der Waals surface area contributed by atoms with Crippen molar-refractivity contribution in [3.05, 3.63) is 87.9 Å². The molecule has 0 aliphatic carbocycles. The summed E-state index contributed by atoms with van der Waals surface area (Å²) in [5.74, 6) is -0.0945. The van der Waals surface area contributed by atoms with Crippen molar-refractivity contribution in [1.29, 1.82) is 0 Å². The third-order valence-corrected chi connectivity index (χ3v) is 6.49. The summed E-state index contributed by atoms with van der Waals surface area (Å²) in [6.45, 7) is -0.147. The van der Waals surface area contributed by atoms with E-state index in [1.165, 1.54) is 16.7 Å². The first-order valence-electron chi connectivity index (χ1n) is 10.1. The van der Waals surface area contributed by atoms with E-state index in [2.05, 4.69) is 15.3 Å². The number of nitrogens with zero attached hydrogens (tertiary/aromatic N) is 2. The normalized spacial score (nSPS) is 10.9. The minimum absolute atomic E-state index is 0.147. The molecule has 9 heteroatoms. The van der Waals surface area contributed by atoms with Crippen LogP contribution in [0.2, 0.25) is 10.0 Å². The van der Waals surface area contributed by atoms with Crippen molar-refractivity contribution in [3.63, 3.8) is 0 Å². The molecule has 0 unspecified atom stereocenters. The van der Waals surface area contributed by atoms with Crippen molar-refractivity contribution < 1.29 is 9.59 Å². The molecule has 0 radical (unpaired) electrons. The maximum Gasteiger partial charge on any atom is 0.254 e. The molecular formula is C24H20Cl2N4O2S. The minimum Gasteiger partial charge on any atom is -0.333 e. The number of anilines is 1. The minimum atomic E-state index is -0.394. The van der Waals surface area contributed by atoms with Gasteiger partial charge in [0, 0.05) is 18.4 Å². The molecule has 4 rings (SSSR count). The van der Waals surface area contributed by atoms with Crippen molar-refractivity contribution in [2.45, 2.75) is 10.9 Å². The van der Waals surface area contributed by atoms with E-state index in [9.17, 15) is 9.59 Å². The van der Waals surface area contributed by atoms with Gasteiger partial charge in [-0.25, -0.2) is 4.98 Å². The molecule has 0 saturated carbocycles. The van der Waals surface area contributed by atoms with Gasteiger partial charge < -0.3 is 15.2 Å². The average Bonchev–Trinajstić information content (AvgIpc) is 3.23. The topological polar surface area (TPSA) is 78.1 Å². The van der Waals surface area contributed by atoms with E-state index in [0.29, 0.717) is 27.0 Å². The predicted octanol–water partition coefficient (Wildman–Crippen LogP) is 5.87. The number of carbonyl (C=O) groups is 2. The number of rotatable bonds is 7. The lowest BCUT2D eigenvalue weighted by Crippen LogP contribution is -2.35. The van der Waals surface area contributed by atoms with Gasteiger partial charge >= 0.3 is 0 Å². The number of benzene rings is 3. The second-order valence-corrected chi connectivity index (χ2v) is 9.09. The second kappa shape index (κ2) is 10.3. The van der Waals surface area contributed by atoms with E-state index in [1.807, 2.05) is 36.4 Å². The summed E-state index contributed by atoms with van der Waals surface area (Å²) in [6.07, 6.45) is 0. The summed E-state index contributed by atoms with van der Waals surface area (Å²) >= 11 is 13.7. The molecule has 0 fully saturated rings. The number of hydrogen-bond acceptors (Lipinski definition) is 4. The number of H-pyrrole nitrogens is 1. The van der Waals surface area contributed by atoms with Crippen LogP contribution in [0.25, 0.3) is 11.0 Å². The Morgan fingerprint density at radius 1 is 1.00 bits per heavy atom.